The van der Waals surface area contributed by atoms with Gasteiger partial charge in [0.15, 0.2) is 0 Å². The number of benzene rings is 1. The molecule has 8 nitrogen and oxygen atoms in total. The minimum atomic E-state index is -0.660. The van der Waals surface area contributed by atoms with E-state index < -0.39 is 11.9 Å². The fourth-order valence-electron chi connectivity index (χ4n) is 4.22. The molecule has 1 aromatic carbocycles. The van der Waals surface area contributed by atoms with Crippen LogP contribution >= 0.6 is 21.6 Å². The van der Waals surface area contributed by atoms with Crippen molar-refractivity contribution in [2.45, 2.75) is 64.5 Å². The second-order valence-corrected chi connectivity index (χ2v) is 11.4. The molecule has 36 heavy (non-hydrogen) atoms. The van der Waals surface area contributed by atoms with Crippen molar-refractivity contribution in [1.82, 2.24) is 15.5 Å². The van der Waals surface area contributed by atoms with E-state index in [1.54, 1.807) is 33.7 Å². The molecule has 3 rings (SSSR count). The van der Waals surface area contributed by atoms with Crippen molar-refractivity contribution >= 4 is 51.0 Å². The topological polar surface area (TPSA) is 113 Å². The summed E-state index contributed by atoms with van der Waals surface area (Å²) < 4.78 is 0. The summed E-state index contributed by atoms with van der Waals surface area (Å²) in [6.07, 6.45) is 7.22. The van der Waals surface area contributed by atoms with Crippen LogP contribution in [0, 0.1) is 0 Å². The molecule has 0 saturated carbocycles. The minimum absolute atomic E-state index is 0.0326. The van der Waals surface area contributed by atoms with E-state index in [-0.39, 0.29) is 42.9 Å². The second-order valence-electron chi connectivity index (χ2n) is 8.74. The van der Waals surface area contributed by atoms with Gasteiger partial charge >= 0.3 is 0 Å². The third kappa shape index (κ3) is 7.96. The Hall–Kier alpha value is -2.59. The fourth-order valence-corrected chi connectivity index (χ4v) is 6.22. The third-order valence-corrected chi connectivity index (χ3v) is 8.54. The lowest BCUT2D eigenvalue weighted by Gasteiger charge is -2.29. The Labute approximate surface area is 219 Å². The number of Topliss-reactive ketones (excluding diaryl/α,β-unsaturated/α-hetero) is 1. The largest absolute Gasteiger partial charge is 0.355 e. The molecule has 1 fully saturated rings. The lowest BCUT2D eigenvalue weighted by molar-refractivity contribution is -0.137. The summed E-state index contributed by atoms with van der Waals surface area (Å²) >= 11 is 0. The van der Waals surface area contributed by atoms with E-state index >= 15 is 0 Å². The average molecular weight is 532 g/mol. The summed E-state index contributed by atoms with van der Waals surface area (Å²) in [5.41, 5.74) is 2.16. The first-order valence-electron chi connectivity index (χ1n) is 12.3. The van der Waals surface area contributed by atoms with Gasteiger partial charge in [-0.25, -0.2) is 0 Å². The van der Waals surface area contributed by atoms with E-state index in [0.29, 0.717) is 31.4 Å². The molecule has 2 aliphatic rings. The van der Waals surface area contributed by atoms with Crippen LogP contribution in [0.1, 0.15) is 66.9 Å². The summed E-state index contributed by atoms with van der Waals surface area (Å²) in [5, 5.41) is 5.20. The number of hydrogen-bond donors (Lipinski definition) is 2. The van der Waals surface area contributed by atoms with Crippen molar-refractivity contribution in [3.63, 3.8) is 0 Å². The van der Waals surface area contributed by atoms with Crippen molar-refractivity contribution in [1.29, 1.82) is 0 Å². The smallest absolute Gasteiger partial charge is 0.255 e. The number of nitrogens with zero attached hydrogens (tertiary/aromatic N) is 1. The lowest BCUT2D eigenvalue weighted by Crippen LogP contribution is -2.52. The van der Waals surface area contributed by atoms with Gasteiger partial charge in [0.05, 0.1) is 0 Å². The van der Waals surface area contributed by atoms with Gasteiger partial charge in [0.25, 0.3) is 5.91 Å². The highest BCUT2D eigenvalue weighted by atomic mass is 33.1. The first-order chi connectivity index (χ1) is 17.4. The number of fused-ring (bicyclic) bond motifs is 1. The summed E-state index contributed by atoms with van der Waals surface area (Å²) in [5.74, 6) is 0.834. The first-order valence-corrected chi connectivity index (χ1v) is 14.8. The maximum atomic E-state index is 12.9. The predicted molar refractivity (Wildman–Crippen MR) is 142 cm³/mol. The molecule has 2 N–H and O–H groups in total. The number of amides is 4. The Kier molecular flexibility index (Phi) is 11.1. The summed E-state index contributed by atoms with van der Waals surface area (Å²) in [6, 6.07) is 4.72. The molecule has 0 radical (unpaired) electrons. The quantitative estimate of drug-likeness (QED) is 0.164. The zero-order valence-electron chi connectivity index (χ0n) is 20.5. The van der Waals surface area contributed by atoms with Gasteiger partial charge in [0.1, 0.15) is 11.8 Å². The highest BCUT2D eigenvalue weighted by molar-refractivity contribution is 8.76. The van der Waals surface area contributed by atoms with E-state index in [4.69, 9.17) is 0 Å². The molecule has 0 aliphatic carbocycles. The van der Waals surface area contributed by atoms with Gasteiger partial charge in [0, 0.05) is 55.8 Å². The standard InChI is InChI=1S/C26H33N3O5S2/c1-2-3-4-10-23(31)27-13-15-36-35-14-6-8-19(30)16-18-7-5-9-20-21(18)17-29(26(20)34)22-11-12-24(32)28-25(22)33/h3-5,7,9,22H,2,6,8,10-17H2,1H3,(H,27,31)(H,28,32,33)/b4-3-. The average Bonchev–Trinajstić information content (AvgIpc) is 3.18. The molecule has 10 heteroatoms. The van der Waals surface area contributed by atoms with E-state index in [0.717, 1.165) is 35.5 Å². The Morgan fingerprint density at radius 3 is 2.75 bits per heavy atom. The molecule has 1 unspecified atom stereocenters. The van der Waals surface area contributed by atoms with Crippen molar-refractivity contribution in [3.05, 3.63) is 47.0 Å². The normalized spacial score (nSPS) is 17.4. The van der Waals surface area contributed by atoms with Gasteiger partial charge in [-0.05, 0) is 36.5 Å². The van der Waals surface area contributed by atoms with Crippen LogP contribution in [0.25, 0.3) is 0 Å². The molecular formula is C26H33N3O5S2. The number of ketones is 1. The summed E-state index contributed by atoms with van der Waals surface area (Å²) in [4.78, 5) is 62.4. The Morgan fingerprint density at radius 1 is 1.17 bits per heavy atom. The Balaban J connectivity index is 1.37. The van der Waals surface area contributed by atoms with Crippen molar-refractivity contribution in [2.75, 3.05) is 18.1 Å². The maximum absolute atomic E-state index is 12.9. The molecular weight excluding hydrogens is 498 g/mol. The number of carbonyl (C=O) groups is 5. The SMILES string of the molecule is CC/C=C\CC(=O)NCCSSCCCC(=O)Cc1cccc2c1CN(C1CCC(=O)NC1=O)C2=O. The highest BCUT2D eigenvalue weighted by Gasteiger charge is 2.39. The number of hydrogen-bond acceptors (Lipinski definition) is 7. The van der Waals surface area contributed by atoms with E-state index in [2.05, 4.69) is 10.6 Å². The van der Waals surface area contributed by atoms with Crippen LogP contribution < -0.4 is 10.6 Å². The minimum Gasteiger partial charge on any atom is -0.355 e. The Bertz CT molecular complexity index is 1030. The summed E-state index contributed by atoms with van der Waals surface area (Å²) in [7, 11) is 3.38. The van der Waals surface area contributed by atoms with Crippen LogP contribution in [-0.2, 0) is 32.1 Å². The number of allylic oxidation sites excluding steroid dienone is 1. The first kappa shape index (κ1) is 28.0. The molecule has 4 amide bonds. The molecule has 1 aromatic rings. The van der Waals surface area contributed by atoms with Crippen LogP contribution in [-0.4, -0.2) is 58.4 Å². The zero-order chi connectivity index (χ0) is 25.9. The van der Waals surface area contributed by atoms with Crippen LogP contribution in [0.15, 0.2) is 30.4 Å². The van der Waals surface area contributed by atoms with Crippen LogP contribution in [0.3, 0.4) is 0 Å². The molecule has 194 valence electrons. The van der Waals surface area contributed by atoms with Crippen LogP contribution in [0.4, 0.5) is 0 Å². The van der Waals surface area contributed by atoms with Crippen molar-refractivity contribution in [2.24, 2.45) is 0 Å². The summed E-state index contributed by atoms with van der Waals surface area (Å²) in [6.45, 7) is 2.94. The molecule has 1 saturated heterocycles. The number of carbonyl (C=O) groups excluding carboxylic acids is 5. The maximum Gasteiger partial charge on any atom is 0.255 e. The van der Waals surface area contributed by atoms with E-state index in [9.17, 15) is 24.0 Å². The number of nitrogens with one attached hydrogen (secondary N) is 2. The van der Waals surface area contributed by atoms with Crippen LogP contribution in [0.5, 0.6) is 0 Å². The monoisotopic (exact) mass is 531 g/mol. The number of imide groups is 1. The van der Waals surface area contributed by atoms with Gasteiger partial charge in [-0.3, -0.25) is 29.3 Å². The molecule has 0 spiro atoms. The second kappa shape index (κ2) is 14.2. The van der Waals surface area contributed by atoms with Gasteiger partial charge in [-0.15, -0.1) is 0 Å². The highest BCUT2D eigenvalue weighted by Crippen LogP contribution is 2.30. The van der Waals surface area contributed by atoms with Crippen LogP contribution in [0.2, 0.25) is 0 Å². The lowest BCUT2D eigenvalue weighted by atomic mass is 9.98. The number of piperidine rings is 1. The molecule has 2 heterocycles. The fraction of sp³-hybridized carbons (Fsp3) is 0.500. The van der Waals surface area contributed by atoms with Gasteiger partial charge in [-0.2, -0.15) is 0 Å². The number of rotatable bonds is 14. The molecule has 2 aliphatic heterocycles. The van der Waals surface area contributed by atoms with Crippen molar-refractivity contribution < 1.29 is 24.0 Å². The Morgan fingerprint density at radius 2 is 1.97 bits per heavy atom. The molecule has 0 bridgehead atoms. The van der Waals surface area contributed by atoms with Gasteiger partial charge < -0.3 is 10.2 Å². The van der Waals surface area contributed by atoms with E-state index in [1.807, 2.05) is 25.1 Å². The third-order valence-electron chi connectivity index (χ3n) is 6.05. The molecule has 0 aromatic heterocycles. The van der Waals surface area contributed by atoms with Gasteiger partial charge in [-0.1, -0.05) is 52.8 Å². The van der Waals surface area contributed by atoms with Crippen molar-refractivity contribution in [3.8, 4) is 0 Å². The van der Waals surface area contributed by atoms with Gasteiger partial charge in [0.2, 0.25) is 17.7 Å². The predicted octanol–water partition coefficient (Wildman–Crippen LogP) is 3.19. The van der Waals surface area contributed by atoms with E-state index in [1.165, 1.54) is 4.90 Å². The molecule has 1 atom stereocenters. The zero-order valence-corrected chi connectivity index (χ0v) is 22.2.